The first-order valence-corrected chi connectivity index (χ1v) is 4.24. The first-order valence-electron chi connectivity index (χ1n) is 4.24. The second-order valence-electron chi connectivity index (χ2n) is 2.84. The third-order valence-electron chi connectivity index (χ3n) is 1.87. The fraction of sp³-hybridized carbons (Fsp3) is 0.300. The number of benzene rings is 1. The summed E-state index contributed by atoms with van der Waals surface area (Å²) in [5, 5.41) is 3.09. The van der Waals surface area contributed by atoms with E-state index < -0.39 is 0 Å². The Morgan fingerprint density at radius 3 is 2.46 bits per heavy atom. The van der Waals surface area contributed by atoms with E-state index in [4.69, 9.17) is 5.73 Å². The minimum absolute atomic E-state index is 0.580. The zero-order valence-electron chi connectivity index (χ0n) is 8.04. The summed E-state index contributed by atoms with van der Waals surface area (Å²) in [7, 11) is 3.62. The van der Waals surface area contributed by atoms with Gasteiger partial charge >= 0.3 is 0 Å². The number of nitrogens with one attached hydrogen (secondary N) is 1. The molecule has 1 aromatic carbocycles. The molecule has 0 aliphatic rings. The maximum atomic E-state index is 5.65. The van der Waals surface area contributed by atoms with Crippen molar-refractivity contribution in [2.75, 3.05) is 14.1 Å². The molecular weight excluding hydrogens is 162 g/mol. The Labute approximate surface area is 78.7 Å². The van der Waals surface area contributed by atoms with Crippen LogP contribution < -0.4 is 11.1 Å². The monoisotopic (exact) mass is 177 g/mol. The molecule has 0 aliphatic heterocycles. The third-order valence-corrected chi connectivity index (χ3v) is 1.87. The topological polar surface area (TPSA) is 50.4 Å². The number of rotatable bonds is 3. The SMILES string of the molecule is CN=C(N)c1ccc(CNC)cc1. The van der Waals surface area contributed by atoms with Gasteiger partial charge in [-0.1, -0.05) is 24.3 Å². The summed E-state index contributed by atoms with van der Waals surface area (Å²) < 4.78 is 0. The Hall–Kier alpha value is -1.35. The van der Waals surface area contributed by atoms with Gasteiger partial charge < -0.3 is 11.1 Å². The Balaban J connectivity index is 2.81. The van der Waals surface area contributed by atoms with Crippen molar-refractivity contribution in [2.24, 2.45) is 10.7 Å². The zero-order valence-corrected chi connectivity index (χ0v) is 8.04. The van der Waals surface area contributed by atoms with E-state index in [1.165, 1.54) is 5.56 Å². The lowest BCUT2D eigenvalue weighted by Gasteiger charge is -2.02. The molecule has 13 heavy (non-hydrogen) atoms. The van der Waals surface area contributed by atoms with Crippen LogP contribution in [0.4, 0.5) is 0 Å². The average Bonchev–Trinajstić information content (AvgIpc) is 2.18. The van der Waals surface area contributed by atoms with Crippen LogP contribution in [-0.4, -0.2) is 19.9 Å². The van der Waals surface area contributed by atoms with Gasteiger partial charge in [0.2, 0.25) is 0 Å². The summed E-state index contributed by atoms with van der Waals surface area (Å²) in [6.45, 7) is 0.878. The maximum absolute atomic E-state index is 5.65. The highest BCUT2D eigenvalue weighted by Crippen LogP contribution is 2.03. The fourth-order valence-corrected chi connectivity index (χ4v) is 1.13. The van der Waals surface area contributed by atoms with Crippen molar-refractivity contribution in [1.29, 1.82) is 0 Å². The first kappa shape index (κ1) is 9.74. The highest BCUT2D eigenvalue weighted by atomic mass is 14.8. The fourth-order valence-electron chi connectivity index (χ4n) is 1.13. The summed E-state index contributed by atoms with van der Waals surface area (Å²) in [6.07, 6.45) is 0. The van der Waals surface area contributed by atoms with Crippen molar-refractivity contribution in [3.8, 4) is 0 Å². The van der Waals surface area contributed by atoms with Crippen molar-refractivity contribution in [3.05, 3.63) is 35.4 Å². The Bertz CT molecular complexity index is 288. The Morgan fingerprint density at radius 1 is 1.38 bits per heavy atom. The predicted molar refractivity (Wildman–Crippen MR) is 55.9 cm³/mol. The lowest BCUT2D eigenvalue weighted by atomic mass is 10.1. The van der Waals surface area contributed by atoms with Gasteiger partial charge in [-0.25, -0.2) is 0 Å². The Kier molecular flexibility index (Phi) is 3.46. The van der Waals surface area contributed by atoms with E-state index in [2.05, 4.69) is 10.3 Å². The number of aliphatic imine (C=N–C) groups is 1. The average molecular weight is 177 g/mol. The smallest absolute Gasteiger partial charge is 0.125 e. The molecule has 0 aliphatic carbocycles. The van der Waals surface area contributed by atoms with Gasteiger partial charge in [-0.05, 0) is 12.6 Å². The zero-order chi connectivity index (χ0) is 9.68. The number of amidine groups is 1. The lowest BCUT2D eigenvalue weighted by Crippen LogP contribution is -2.13. The Morgan fingerprint density at radius 2 is 2.00 bits per heavy atom. The number of nitrogens with two attached hydrogens (primary N) is 1. The van der Waals surface area contributed by atoms with Crippen LogP contribution in [0.25, 0.3) is 0 Å². The minimum Gasteiger partial charge on any atom is -0.384 e. The molecule has 3 N–H and O–H groups in total. The first-order chi connectivity index (χ1) is 6.27. The quantitative estimate of drug-likeness (QED) is 0.528. The van der Waals surface area contributed by atoms with Crippen LogP contribution in [0.1, 0.15) is 11.1 Å². The molecule has 70 valence electrons. The van der Waals surface area contributed by atoms with Crippen molar-refractivity contribution in [3.63, 3.8) is 0 Å². The van der Waals surface area contributed by atoms with E-state index in [1.807, 2.05) is 31.3 Å². The van der Waals surface area contributed by atoms with Crippen LogP contribution >= 0.6 is 0 Å². The molecule has 0 atom stereocenters. The second-order valence-corrected chi connectivity index (χ2v) is 2.84. The summed E-state index contributed by atoms with van der Waals surface area (Å²) in [4.78, 5) is 3.91. The summed E-state index contributed by atoms with van der Waals surface area (Å²) >= 11 is 0. The van der Waals surface area contributed by atoms with Gasteiger partial charge in [0.15, 0.2) is 0 Å². The second kappa shape index (κ2) is 4.62. The number of nitrogens with zero attached hydrogens (tertiary/aromatic N) is 1. The summed E-state index contributed by atoms with van der Waals surface area (Å²) in [5.41, 5.74) is 7.87. The van der Waals surface area contributed by atoms with E-state index in [-0.39, 0.29) is 0 Å². The van der Waals surface area contributed by atoms with Crippen molar-refractivity contribution in [2.45, 2.75) is 6.54 Å². The molecule has 0 fully saturated rings. The van der Waals surface area contributed by atoms with Crippen LogP contribution in [0.5, 0.6) is 0 Å². The molecule has 0 heterocycles. The van der Waals surface area contributed by atoms with Gasteiger partial charge in [0.25, 0.3) is 0 Å². The van der Waals surface area contributed by atoms with Crippen molar-refractivity contribution < 1.29 is 0 Å². The lowest BCUT2D eigenvalue weighted by molar-refractivity contribution is 0.818. The van der Waals surface area contributed by atoms with E-state index >= 15 is 0 Å². The molecule has 0 saturated heterocycles. The molecule has 1 aromatic rings. The minimum atomic E-state index is 0.580. The van der Waals surface area contributed by atoms with Gasteiger partial charge in [0.1, 0.15) is 5.84 Å². The van der Waals surface area contributed by atoms with Gasteiger partial charge in [-0.3, -0.25) is 4.99 Å². The van der Waals surface area contributed by atoms with Crippen molar-refractivity contribution in [1.82, 2.24) is 5.32 Å². The molecule has 3 heteroatoms. The molecule has 0 bridgehead atoms. The van der Waals surface area contributed by atoms with Crippen molar-refractivity contribution >= 4 is 5.84 Å². The summed E-state index contributed by atoms with van der Waals surface area (Å²) in [6, 6.07) is 8.05. The van der Waals surface area contributed by atoms with Gasteiger partial charge in [-0.15, -0.1) is 0 Å². The molecule has 3 nitrogen and oxygen atoms in total. The number of hydrogen-bond donors (Lipinski definition) is 2. The molecule has 0 spiro atoms. The molecule has 0 aromatic heterocycles. The molecule has 0 saturated carbocycles. The highest BCUT2D eigenvalue weighted by molar-refractivity contribution is 5.97. The molecule has 0 unspecified atom stereocenters. The van der Waals surface area contributed by atoms with Crippen LogP contribution in [0.2, 0.25) is 0 Å². The van der Waals surface area contributed by atoms with Crippen LogP contribution in [-0.2, 0) is 6.54 Å². The molecular formula is C10H15N3. The van der Waals surface area contributed by atoms with Crippen LogP contribution in [0, 0.1) is 0 Å². The van der Waals surface area contributed by atoms with E-state index in [0.717, 1.165) is 12.1 Å². The highest BCUT2D eigenvalue weighted by Gasteiger charge is 1.96. The van der Waals surface area contributed by atoms with E-state index in [0.29, 0.717) is 5.84 Å². The van der Waals surface area contributed by atoms with Crippen LogP contribution in [0.3, 0.4) is 0 Å². The molecule has 0 radical (unpaired) electrons. The van der Waals surface area contributed by atoms with E-state index in [1.54, 1.807) is 7.05 Å². The summed E-state index contributed by atoms with van der Waals surface area (Å²) in [5.74, 6) is 0.580. The number of hydrogen-bond acceptors (Lipinski definition) is 2. The predicted octanol–water partition coefficient (Wildman–Crippen LogP) is 0.741. The maximum Gasteiger partial charge on any atom is 0.125 e. The molecule has 0 amide bonds. The van der Waals surface area contributed by atoms with Gasteiger partial charge in [0, 0.05) is 19.2 Å². The van der Waals surface area contributed by atoms with Gasteiger partial charge in [-0.2, -0.15) is 0 Å². The standard InChI is InChI=1S/C10H15N3/c1-12-7-8-3-5-9(6-4-8)10(11)13-2/h3-6,12H,7H2,1-2H3,(H2,11,13). The van der Waals surface area contributed by atoms with Gasteiger partial charge in [0.05, 0.1) is 0 Å². The van der Waals surface area contributed by atoms with E-state index in [9.17, 15) is 0 Å². The molecule has 1 rings (SSSR count). The normalized spacial score (nSPS) is 11.7. The largest absolute Gasteiger partial charge is 0.384 e. The third kappa shape index (κ3) is 2.56. The van der Waals surface area contributed by atoms with Crippen LogP contribution in [0.15, 0.2) is 29.3 Å².